The van der Waals surface area contributed by atoms with Gasteiger partial charge in [0.25, 0.3) is 5.91 Å². The average Bonchev–Trinajstić information content (AvgIpc) is 3.64. The molecule has 0 saturated carbocycles. The SMILES string of the molecule is Cc1c(OCCCN2CC[C@@H](O)C2)ccc([C@H](C)N2C[C@H]3C[C@@H]2CN3C(=O)c2ccc(C(F)(F)F)cn2)c1C. The summed E-state index contributed by atoms with van der Waals surface area (Å²) in [4.78, 5) is 23.3. The Morgan fingerprint density at radius 1 is 1.13 bits per heavy atom. The van der Waals surface area contributed by atoms with Crippen LogP contribution in [0.1, 0.15) is 65.0 Å². The van der Waals surface area contributed by atoms with E-state index in [1.807, 2.05) is 6.07 Å². The van der Waals surface area contributed by atoms with Gasteiger partial charge in [-0.1, -0.05) is 6.07 Å². The van der Waals surface area contributed by atoms with Gasteiger partial charge in [0, 0.05) is 57.0 Å². The van der Waals surface area contributed by atoms with Crippen molar-refractivity contribution in [1.82, 2.24) is 19.7 Å². The van der Waals surface area contributed by atoms with E-state index in [-0.39, 0.29) is 35.8 Å². The number of likely N-dealkylation sites (tertiary alicyclic amines) is 3. The van der Waals surface area contributed by atoms with Crippen molar-refractivity contribution in [3.8, 4) is 5.75 Å². The second-order valence-electron chi connectivity index (χ2n) is 11.2. The summed E-state index contributed by atoms with van der Waals surface area (Å²) < 4.78 is 44.7. The summed E-state index contributed by atoms with van der Waals surface area (Å²) in [5, 5.41) is 9.67. The molecule has 2 bridgehead atoms. The minimum absolute atomic E-state index is 0.0229. The van der Waals surface area contributed by atoms with Gasteiger partial charge in [-0.3, -0.25) is 14.7 Å². The maximum atomic E-state index is 13.0. The number of halogens is 3. The topological polar surface area (TPSA) is 69.1 Å². The predicted molar refractivity (Wildman–Crippen MR) is 141 cm³/mol. The third-order valence-electron chi connectivity index (χ3n) is 8.70. The Bertz CT molecular complexity index is 1190. The van der Waals surface area contributed by atoms with Crippen LogP contribution in [-0.4, -0.2) is 88.2 Å². The summed E-state index contributed by atoms with van der Waals surface area (Å²) in [6.07, 6.45) is -1.33. The number of hydrogen-bond donors (Lipinski definition) is 1. The summed E-state index contributed by atoms with van der Waals surface area (Å²) in [5.41, 5.74) is 2.76. The Labute approximate surface area is 227 Å². The Kier molecular flexibility index (Phi) is 7.90. The molecule has 0 aliphatic carbocycles. The van der Waals surface area contributed by atoms with Gasteiger partial charge in [-0.05, 0) is 74.9 Å². The fourth-order valence-corrected chi connectivity index (χ4v) is 6.35. The first-order valence-corrected chi connectivity index (χ1v) is 13.8. The molecule has 4 atom stereocenters. The number of carbonyl (C=O) groups excluding carboxylic acids is 1. The maximum absolute atomic E-state index is 13.0. The zero-order chi connectivity index (χ0) is 27.9. The van der Waals surface area contributed by atoms with Crippen molar-refractivity contribution >= 4 is 5.91 Å². The number of rotatable bonds is 8. The minimum atomic E-state index is -4.47. The number of carbonyl (C=O) groups is 1. The van der Waals surface area contributed by atoms with Crippen molar-refractivity contribution in [2.75, 3.05) is 39.3 Å². The van der Waals surface area contributed by atoms with Gasteiger partial charge in [-0.15, -0.1) is 0 Å². The van der Waals surface area contributed by atoms with E-state index in [1.165, 1.54) is 17.2 Å². The lowest BCUT2D eigenvalue weighted by atomic mass is 9.96. The molecule has 1 aromatic heterocycles. The van der Waals surface area contributed by atoms with Crippen molar-refractivity contribution in [1.29, 1.82) is 0 Å². The Morgan fingerprint density at radius 2 is 1.92 bits per heavy atom. The average molecular weight is 547 g/mol. The second kappa shape index (κ2) is 11.1. The fourth-order valence-electron chi connectivity index (χ4n) is 6.35. The highest BCUT2D eigenvalue weighted by Crippen LogP contribution is 2.39. The van der Waals surface area contributed by atoms with Gasteiger partial charge < -0.3 is 19.6 Å². The largest absolute Gasteiger partial charge is 0.493 e. The van der Waals surface area contributed by atoms with E-state index in [0.717, 1.165) is 69.0 Å². The molecular weight excluding hydrogens is 509 g/mol. The van der Waals surface area contributed by atoms with Crippen LogP contribution >= 0.6 is 0 Å². The molecule has 10 heteroatoms. The van der Waals surface area contributed by atoms with Crippen LogP contribution in [0.25, 0.3) is 0 Å². The molecule has 212 valence electrons. The third-order valence-corrected chi connectivity index (χ3v) is 8.70. The number of β-amino-alcohol motifs (C(OH)–C–C–N with tert-alkyl or cyclic N) is 1. The summed E-state index contributed by atoms with van der Waals surface area (Å²) >= 11 is 0. The van der Waals surface area contributed by atoms with Crippen LogP contribution in [0.3, 0.4) is 0 Å². The number of aliphatic hydroxyl groups excluding tert-OH is 1. The highest BCUT2D eigenvalue weighted by molar-refractivity contribution is 5.93. The number of aromatic nitrogens is 1. The molecule has 0 unspecified atom stereocenters. The molecule has 3 fully saturated rings. The molecule has 1 amide bonds. The molecule has 39 heavy (non-hydrogen) atoms. The molecule has 5 rings (SSSR count). The molecule has 0 radical (unpaired) electrons. The first-order valence-electron chi connectivity index (χ1n) is 13.8. The van der Waals surface area contributed by atoms with Crippen LogP contribution in [0, 0.1) is 13.8 Å². The number of pyridine rings is 1. The molecule has 4 heterocycles. The molecule has 7 nitrogen and oxygen atoms in total. The third kappa shape index (κ3) is 5.78. The van der Waals surface area contributed by atoms with Gasteiger partial charge in [-0.25, -0.2) is 0 Å². The zero-order valence-corrected chi connectivity index (χ0v) is 22.7. The second-order valence-corrected chi connectivity index (χ2v) is 11.2. The highest BCUT2D eigenvalue weighted by atomic mass is 19.4. The fraction of sp³-hybridized carbons (Fsp3) is 0.586. The van der Waals surface area contributed by atoms with Gasteiger partial charge >= 0.3 is 6.18 Å². The number of benzene rings is 1. The van der Waals surface area contributed by atoms with Crippen molar-refractivity contribution in [2.45, 2.75) is 70.4 Å². The number of amides is 1. The van der Waals surface area contributed by atoms with E-state index in [1.54, 1.807) is 4.90 Å². The number of fused-ring (bicyclic) bond motifs is 2. The van der Waals surface area contributed by atoms with E-state index in [4.69, 9.17) is 4.74 Å². The quantitative estimate of drug-likeness (QED) is 0.501. The molecule has 2 aromatic rings. The number of piperazine rings is 1. The number of alkyl halides is 3. The Morgan fingerprint density at radius 3 is 2.54 bits per heavy atom. The molecule has 1 aromatic carbocycles. The van der Waals surface area contributed by atoms with Crippen LogP contribution in [0.5, 0.6) is 5.75 Å². The van der Waals surface area contributed by atoms with E-state index < -0.39 is 11.7 Å². The monoisotopic (exact) mass is 546 g/mol. The van der Waals surface area contributed by atoms with Crippen molar-refractivity contribution < 1.29 is 27.8 Å². The summed E-state index contributed by atoms with van der Waals surface area (Å²) in [6, 6.07) is 6.66. The van der Waals surface area contributed by atoms with Crippen molar-refractivity contribution in [3.05, 3.63) is 58.4 Å². The first-order chi connectivity index (χ1) is 18.5. The van der Waals surface area contributed by atoms with Crippen molar-refractivity contribution in [3.63, 3.8) is 0 Å². The van der Waals surface area contributed by atoms with Crippen LogP contribution in [0.4, 0.5) is 13.2 Å². The van der Waals surface area contributed by atoms with E-state index in [2.05, 4.69) is 41.6 Å². The lowest BCUT2D eigenvalue weighted by molar-refractivity contribution is -0.137. The standard InChI is InChI=1S/C29H37F3N4O3/c1-18-19(2)27(39-12-4-10-34-11-9-24(37)17-34)8-6-25(18)20(3)35-15-23-13-22(35)16-36(23)28(38)26-7-5-21(14-33-26)29(30,31)32/h5-8,14,20,22-24,37H,4,9-13,15-17H2,1-3H3/t20-,22+,23+,24+/m0/s1. The van der Waals surface area contributed by atoms with Crippen LogP contribution < -0.4 is 4.74 Å². The highest BCUT2D eigenvalue weighted by Gasteiger charge is 2.47. The van der Waals surface area contributed by atoms with Crippen LogP contribution in [-0.2, 0) is 6.18 Å². The number of hydrogen-bond acceptors (Lipinski definition) is 6. The first kappa shape index (κ1) is 27.9. The van der Waals surface area contributed by atoms with Gasteiger partial charge in [0.1, 0.15) is 11.4 Å². The number of aliphatic hydroxyl groups is 1. The number of nitrogens with zero attached hydrogens (tertiary/aromatic N) is 4. The predicted octanol–water partition coefficient (Wildman–Crippen LogP) is 4.21. The smallest absolute Gasteiger partial charge is 0.417 e. The Hall–Kier alpha value is -2.69. The van der Waals surface area contributed by atoms with E-state index in [9.17, 15) is 23.1 Å². The normalized spacial score (nSPS) is 24.5. The zero-order valence-electron chi connectivity index (χ0n) is 22.7. The van der Waals surface area contributed by atoms with Gasteiger partial charge in [-0.2, -0.15) is 13.2 Å². The summed E-state index contributed by atoms with van der Waals surface area (Å²) in [5.74, 6) is 0.589. The minimum Gasteiger partial charge on any atom is -0.493 e. The summed E-state index contributed by atoms with van der Waals surface area (Å²) in [6.45, 7) is 10.9. The van der Waals surface area contributed by atoms with Crippen molar-refractivity contribution in [2.24, 2.45) is 0 Å². The molecule has 3 aliphatic rings. The lowest BCUT2D eigenvalue weighted by Crippen LogP contribution is -2.49. The molecule has 1 N–H and O–H groups in total. The van der Waals surface area contributed by atoms with Crippen LogP contribution in [0.2, 0.25) is 0 Å². The lowest BCUT2D eigenvalue weighted by Gasteiger charge is -2.38. The van der Waals surface area contributed by atoms with E-state index >= 15 is 0 Å². The van der Waals surface area contributed by atoms with Crippen LogP contribution in [0.15, 0.2) is 30.5 Å². The van der Waals surface area contributed by atoms with Gasteiger partial charge in [0.2, 0.25) is 0 Å². The van der Waals surface area contributed by atoms with Gasteiger partial charge in [0.15, 0.2) is 0 Å². The molecule has 3 saturated heterocycles. The Balaban J connectivity index is 1.16. The molecule has 3 aliphatic heterocycles. The molecular formula is C29H37F3N4O3. The van der Waals surface area contributed by atoms with E-state index in [0.29, 0.717) is 13.2 Å². The maximum Gasteiger partial charge on any atom is 0.417 e. The molecule has 0 spiro atoms. The summed E-state index contributed by atoms with van der Waals surface area (Å²) in [7, 11) is 0. The van der Waals surface area contributed by atoms with Gasteiger partial charge in [0.05, 0.1) is 18.3 Å². The number of ether oxygens (including phenoxy) is 1.